The topological polar surface area (TPSA) is 64.4 Å². The van der Waals surface area contributed by atoms with E-state index in [1.807, 2.05) is 0 Å². The van der Waals surface area contributed by atoms with Crippen LogP contribution in [0.25, 0.3) is 0 Å². The molecule has 1 rings (SSSR count). The van der Waals surface area contributed by atoms with Gasteiger partial charge in [-0.2, -0.15) is 0 Å². The third-order valence-corrected chi connectivity index (χ3v) is 2.42. The Labute approximate surface area is 90.3 Å². The summed E-state index contributed by atoms with van der Waals surface area (Å²) in [5.41, 5.74) is 10.8. The first-order chi connectivity index (χ1) is 6.00. The second-order valence-electron chi connectivity index (χ2n) is 2.26. The first kappa shape index (κ1) is 10.4. The lowest BCUT2D eigenvalue weighted by Gasteiger charge is -2.00. The van der Waals surface area contributed by atoms with Crippen LogP contribution in [0.1, 0.15) is 0 Å². The second kappa shape index (κ2) is 4.05. The maximum absolute atomic E-state index is 5.74. The van der Waals surface area contributed by atoms with Crippen LogP contribution in [0.4, 0.5) is 5.69 Å². The zero-order valence-electron chi connectivity index (χ0n) is 6.39. The molecule has 13 heavy (non-hydrogen) atoms. The highest BCUT2D eigenvalue weighted by Gasteiger charge is 2.04. The van der Waals surface area contributed by atoms with Crippen LogP contribution in [0, 0.1) is 0 Å². The molecule has 0 atom stereocenters. The Morgan fingerprint density at radius 3 is 1.92 bits per heavy atom. The lowest BCUT2D eigenvalue weighted by Crippen LogP contribution is -2.21. The fraction of sp³-hybridized carbons (Fsp3) is 0. The number of rotatable bonds is 1. The number of halogens is 3. The molecule has 0 aliphatic carbocycles. The molecule has 0 aliphatic rings. The Hall–Kier alpha value is -0.640. The van der Waals surface area contributed by atoms with E-state index in [1.54, 1.807) is 0 Å². The van der Waals surface area contributed by atoms with Gasteiger partial charge in [-0.05, 0) is 12.1 Å². The predicted molar refractivity (Wildman–Crippen MR) is 56.9 cm³/mol. The molecule has 0 unspecified atom stereocenters. The van der Waals surface area contributed by atoms with Crippen LogP contribution < -0.4 is 11.5 Å². The van der Waals surface area contributed by atoms with Crippen LogP contribution in [-0.4, -0.2) is 5.96 Å². The average Bonchev–Trinajstić information content (AvgIpc) is 1.98. The Morgan fingerprint density at radius 1 is 1.08 bits per heavy atom. The number of nitrogens with two attached hydrogens (primary N) is 2. The van der Waals surface area contributed by atoms with E-state index in [4.69, 9.17) is 46.3 Å². The van der Waals surface area contributed by atoms with Crippen LogP contribution >= 0.6 is 34.8 Å². The Bertz CT molecular complexity index is 335. The van der Waals surface area contributed by atoms with Gasteiger partial charge in [-0.15, -0.1) is 0 Å². The summed E-state index contributed by atoms with van der Waals surface area (Å²) >= 11 is 17.2. The molecule has 3 nitrogen and oxygen atoms in total. The fourth-order valence-electron chi connectivity index (χ4n) is 0.756. The minimum atomic E-state index is -0.0607. The minimum Gasteiger partial charge on any atom is -0.370 e. The van der Waals surface area contributed by atoms with Gasteiger partial charge in [0.2, 0.25) is 0 Å². The summed E-state index contributed by atoms with van der Waals surface area (Å²) in [7, 11) is 0. The summed E-state index contributed by atoms with van der Waals surface area (Å²) in [6, 6.07) is 3.05. The summed E-state index contributed by atoms with van der Waals surface area (Å²) in [6.07, 6.45) is 0. The van der Waals surface area contributed by atoms with Gasteiger partial charge in [-0.25, -0.2) is 4.99 Å². The first-order valence-electron chi connectivity index (χ1n) is 3.25. The van der Waals surface area contributed by atoms with Crippen molar-refractivity contribution >= 4 is 46.4 Å². The van der Waals surface area contributed by atoms with E-state index < -0.39 is 0 Å². The highest BCUT2D eigenvalue weighted by atomic mass is 35.5. The third kappa shape index (κ3) is 2.66. The van der Waals surface area contributed by atoms with Gasteiger partial charge in [0.1, 0.15) is 0 Å². The normalized spacial score (nSPS) is 9.77. The molecule has 0 radical (unpaired) electrons. The molecule has 0 aliphatic heterocycles. The molecule has 0 aromatic heterocycles. The van der Waals surface area contributed by atoms with Crippen molar-refractivity contribution in [1.82, 2.24) is 0 Å². The maximum Gasteiger partial charge on any atom is 0.191 e. The zero-order valence-corrected chi connectivity index (χ0v) is 8.66. The fourth-order valence-corrected chi connectivity index (χ4v) is 1.34. The number of hydrogen-bond donors (Lipinski definition) is 2. The highest BCUT2D eigenvalue weighted by molar-refractivity contribution is 6.48. The second-order valence-corrected chi connectivity index (χ2v) is 3.45. The molecule has 0 bridgehead atoms. The van der Waals surface area contributed by atoms with Crippen molar-refractivity contribution in [2.75, 3.05) is 0 Å². The molecule has 1 aromatic carbocycles. The monoisotopic (exact) mass is 237 g/mol. The van der Waals surface area contributed by atoms with E-state index >= 15 is 0 Å². The van der Waals surface area contributed by atoms with Crippen molar-refractivity contribution in [3.63, 3.8) is 0 Å². The Kier molecular flexibility index (Phi) is 3.25. The van der Waals surface area contributed by atoms with Crippen molar-refractivity contribution in [1.29, 1.82) is 0 Å². The van der Waals surface area contributed by atoms with Crippen molar-refractivity contribution in [2.24, 2.45) is 16.5 Å². The molecule has 0 fully saturated rings. The molecule has 1 aromatic rings. The average molecular weight is 239 g/mol. The smallest absolute Gasteiger partial charge is 0.191 e. The molecule has 0 saturated carbocycles. The first-order valence-corrected chi connectivity index (χ1v) is 4.38. The molecule has 0 saturated heterocycles. The molecular formula is C7H6Cl3N3. The SMILES string of the molecule is NC(N)=Nc1cc(Cl)c(Cl)c(Cl)c1. The zero-order chi connectivity index (χ0) is 10.0. The van der Waals surface area contributed by atoms with Gasteiger partial charge in [-0.3, -0.25) is 0 Å². The third-order valence-electron chi connectivity index (χ3n) is 1.23. The quantitative estimate of drug-likeness (QED) is 0.449. The molecule has 0 amide bonds. The molecule has 6 heteroatoms. The highest BCUT2D eigenvalue weighted by Crippen LogP contribution is 2.33. The van der Waals surface area contributed by atoms with Gasteiger partial charge in [0.25, 0.3) is 0 Å². The van der Waals surface area contributed by atoms with E-state index in [0.29, 0.717) is 15.7 Å². The summed E-state index contributed by atoms with van der Waals surface area (Å²) in [5, 5.41) is 0.918. The Balaban J connectivity index is 3.21. The number of aliphatic imine (C=N–C) groups is 1. The van der Waals surface area contributed by atoms with E-state index in [9.17, 15) is 0 Å². The van der Waals surface area contributed by atoms with Crippen molar-refractivity contribution in [3.05, 3.63) is 27.2 Å². The summed E-state index contributed by atoms with van der Waals surface area (Å²) < 4.78 is 0. The summed E-state index contributed by atoms with van der Waals surface area (Å²) in [6.45, 7) is 0. The van der Waals surface area contributed by atoms with E-state index in [2.05, 4.69) is 4.99 Å². The lowest BCUT2D eigenvalue weighted by atomic mass is 10.3. The number of guanidine groups is 1. The van der Waals surface area contributed by atoms with Crippen molar-refractivity contribution in [2.45, 2.75) is 0 Å². The van der Waals surface area contributed by atoms with Gasteiger partial charge in [0.15, 0.2) is 5.96 Å². The van der Waals surface area contributed by atoms with Crippen LogP contribution in [-0.2, 0) is 0 Å². The van der Waals surface area contributed by atoms with Gasteiger partial charge in [0.05, 0.1) is 20.8 Å². The summed E-state index contributed by atoms with van der Waals surface area (Å²) in [5.74, 6) is -0.0607. The van der Waals surface area contributed by atoms with Crippen LogP contribution in [0.3, 0.4) is 0 Å². The van der Waals surface area contributed by atoms with E-state index in [-0.39, 0.29) is 11.0 Å². The van der Waals surface area contributed by atoms with Gasteiger partial charge < -0.3 is 11.5 Å². The molecule has 4 N–H and O–H groups in total. The minimum absolute atomic E-state index is 0.0607. The number of hydrogen-bond acceptors (Lipinski definition) is 1. The standard InChI is InChI=1S/C7H6Cl3N3/c8-4-1-3(13-7(11)12)2-5(9)6(4)10/h1-2H,(H4,11,12,13). The van der Waals surface area contributed by atoms with Crippen molar-refractivity contribution in [3.8, 4) is 0 Å². The van der Waals surface area contributed by atoms with Gasteiger partial charge in [-0.1, -0.05) is 34.8 Å². The van der Waals surface area contributed by atoms with E-state index in [0.717, 1.165) is 0 Å². The molecule has 70 valence electrons. The number of nitrogens with zero attached hydrogens (tertiary/aromatic N) is 1. The van der Waals surface area contributed by atoms with E-state index in [1.165, 1.54) is 12.1 Å². The van der Waals surface area contributed by atoms with Crippen LogP contribution in [0.2, 0.25) is 15.1 Å². The molecular weight excluding hydrogens is 232 g/mol. The maximum atomic E-state index is 5.74. The summed E-state index contributed by atoms with van der Waals surface area (Å²) in [4.78, 5) is 3.77. The molecule has 0 heterocycles. The van der Waals surface area contributed by atoms with Gasteiger partial charge in [0, 0.05) is 0 Å². The van der Waals surface area contributed by atoms with Gasteiger partial charge >= 0.3 is 0 Å². The largest absolute Gasteiger partial charge is 0.370 e. The van der Waals surface area contributed by atoms with Crippen LogP contribution in [0.15, 0.2) is 17.1 Å². The predicted octanol–water partition coefficient (Wildman–Crippen LogP) is 2.55. The molecule has 0 spiro atoms. The van der Waals surface area contributed by atoms with Crippen molar-refractivity contribution < 1.29 is 0 Å². The lowest BCUT2D eigenvalue weighted by molar-refractivity contribution is 1.42. The van der Waals surface area contributed by atoms with Crippen LogP contribution in [0.5, 0.6) is 0 Å². The Morgan fingerprint density at radius 2 is 1.54 bits per heavy atom. The number of benzene rings is 1.